The first kappa shape index (κ1) is 18.8. The first-order valence-electron chi connectivity index (χ1n) is 8.24. The summed E-state index contributed by atoms with van der Waals surface area (Å²) >= 11 is 1.15. The fraction of sp³-hybridized carbons (Fsp3) is 0.200. The zero-order chi connectivity index (χ0) is 19.6. The van der Waals surface area contributed by atoms with Gasteiger partial charge in [0.15, 0.2) is 6.10 Å². The predicted octanol–water partition coefficient (Wildman–Crippen LogP) is 4.54. The van der Waals surface area contributed by atoms with Crippen LogP contribution in [0.25, 0.3) is 10.1 Å². The van der Waals surface area contributed by atoms with E-state index in [2.05, 4.69) is 5.32 Å². The fourth-order valence-corrected chi connectivity index (χ4v) is 3.77. The average Bonchev–Trinajstić information content (AvgIpc) is 3.00. The van der Waals surface area contributed by atoms with Gasteiger partial charge in [-0.15, -0.1) is 11.3 Å². The lowest BCUT2D eigenvalue weighted by atomic mass is 10.1. The van der Waals surface area contributed by atoms with Gasteiger partial charge in [0.25, 0.3) is 5.91 Å². The molecule has 1 heterocycles. The van der Waals surface area contributed by atoms with Crippen LogP contribution in [0.1, 0.15) is 22.2 Å². The molecule has 0 aliphatic carbocycles. The molecule has 0 saturated carbocycles. The maximum atomic E-state index is 14.0. The van der Waals surface area contributed by atoms with Gasteiger partial charge in [0.2, 0.25) is 0 Å². The van der Waals surface area contributed by atoms with E-state index in [0.717, 1.165) is 11.3 Å². The van der Waals surface area contributed by atoms with Crippen LogP contribution < -0.4 is 10.1 Å². The molecule has 1 N–H and O–H groups in total. The summed E-state index contributed by atoms with van der Waals surface area (Å²) in [4.78, 5) is 25.1. The molecule has 2 aromatic carbocycles. The molecule has 0 saturated heterocycles. The Balaban J connectivity index is 1.72. The monoisotopic (exact) mass is 387 g/mol. The molecular weight excluding hydrogens is 369 g/mol. The van der Waals surface area contributed by atoms with Gasteiger partial charge in [-0.1, -0.05) is 12.1 Å². The molecule has 1 aromatic heterocycles. The van der Waals surface area contributed by atoms with Crippen molar-refractivity contribution in [2.45, 2.75) is 20.0 Å². The van der Waals surface area contributed by atoms with Crippen LogP contribution in [-0.2, 0) is 9.53 Å². The van der Waals surface area contributed by atoms with E-state index in [-0.39, 0.29) is 10.7 Å². The molecule has 3 aromatic rings. The topological polar surface area (TPSA) is 64.6 Å². The fourth-order valence-electron chi connectivity index (χ4n) is 2.66. The number of methoxy groups -OCH3 is 1. The summed E-state index contributed by atoms with van der Waals surface area (Å²) in [6, 6.07) is 11.5. The number of thiophene rings is 1. The van der Waals surface area contributed by atoms with Crippen molar-refractivity contribution in [1.29, 1.82) is 0 Å². The average molecular weight is 387 g/mol. The molecule has 1 atom stereocenters. The molecule has 0 aliphatic heterocycles. The van der Waals surface area contributed by atoms with Gasteiger partial charge in [0.05, 0.1) is 7.11 Å². The summed E-state index contributed by atoms with van der Waals surface area (Å²) in [5.74, 6) is -0.910. The van der Waals surface area contributed by atoms with Crippen LogP contribution in [0.2, 0.25) is 0 Å². The van der Waals surface area contributed by atoms with Crippen LogP contribution in [0.4, 0.5) is 10.1 Å². The molecule has 0 spiro atoms. The van der Waals surface area contributed by atoms with E-state index in [1.807, 2.05) is 0 Å². The molecular formula is C20H18FNO4S. The van der Waals surface area contributed by atoms with Crippen LogP contribution in [0.3, 0.4) is 0 Å². The van der Waals surface area contributed by atoms with Crippen molar-refractivity contribution < 1.29 is 23.5 Å². The minimum Gasteiger partial charge on any atom is -0.497 e. The summed E-state index contributed by atoms with van der Waals surface area (Å²) in [7, 11) is 1.53. The number of esters is 1. The standard InChI is InChI=1S/C20H18FNO4S/c1-11-17-15(21)8-5-9-16(17)27-18(11)20(24)26-12(2)19(23)22-13-6-4-7-14(10-13)25-3/h4-10,12H,1-3H3,(H,22,23)/t12-/m1/s1. The van der Waals surface area contributed by atoms with E-state index < -0.39 is 18.0 Å². The molecule has 140 valence electrons. The number of hydrogen-bond donors (Lipinski definition) is 1. The van der Waals surface area contributed by atoms with Crippen LogP contribution in [0, 0.1) is 12.7 Å². The second-order valence-corrected chi connectivity index (χ2v) is 6.99. The molecule has 7 heteroatoms. The van der Waals surface area contributed by atoms with Crippen molar-refractivity contribution in [2.75, 3.05) is 12.4 Å². The van der Waals surface area contributed by atoms with Crippen molar-refractivity contribution in [1.82, 2.24) is 0 Å². The Morgan fingerprint density at radius 3 is 2.63 bits per heavy atom. The van der Waals surface area contributed by atoms with Crippen molar-refractivity contribution >= 4 is 39.0 Å². The number of ether oxygens (including phenoxy) is 2. The number of anilines is 1. The highest BCUT2D eigenvalue weighted by Gasteiger charge is 2.23. The van der Waals surface area contributed by atoms with Gasteiger partial charge >= 0.3 is 5.97 Å². The third-order valence-corrected chi connectivity index (χ3v) is 5.32. The van der Waals surface area contributed by atoms with E-state index in [1.54, 1.807) is 43.3 Å². The van der Waals surface area contributed by atoms with Crippen LogP contribution in [0.5, 0.6) is 5.75 Å². The highest BCUT2D eigenvalue weighted by molar-refractivity contribution is 7.21. The van der Waals surface area contributed by atoms with Crippen molar-refractivity contribution in [3.05, 3.63) is 58.7 Å². The van der Waals surface area contributed by atoms with E-state index in [1.165, 1.54) is 20.1 Å². The smallest absolute Gasteiger partial charge is 0.349 e. The number of halogens is 1. The molecule has 3 rings (SSSR count). The number of aryl methyl sites for hydroxylation is 1. The summed E-state index contributed by atoms with van der Waals surface area (Å²) in [5.41, 5.74) is 1.04. The summed E-state index contributed by atoms with van der Waals surface area (Å²) < 4.78 is 25.0. The van der Waals surface area contributed by atoms with Gasteiger partial charge in [-0.3, -0.25) is 4.79 Å². The minimum absolute atomic E-state index is 0.288. The van der Waals surface area contributed by atoms with Crippen LogP contribution in [0.15, 0.2) is 42.5 Å². The van der Waals surface area contributed by atoms with Gasteiger partial charge < -0.3 is 14.8 Å². The highest BCUT2D eigenvalue weighted by Crippen LogP contribution is 2.33. The quantitative estimate of drug-likeness (QED) is 0.653. The van der Waals surface area contributed by atoms with Gasteiger partial charge in [-0.05, 0) is 43.7 Å². The van der Waals surface area contributed by atoms with Gasteiger partial charge in [-0.25, -0.2) is 9.18 Å². The van der Waals surface area contributed by atoms with E-state index in [0.29, 0.717) is 27.1 Å². The highest BCUT2D eigenvalue weighted by atomic mass is 32.1. The second-order valence-electron chi connectivity index (χ2n) is 5.94. The molecule has 5 nitrogen and oxygen atoms in total. The Bertz CT molecular complexity index is 1010. The van der Waals surface area contributed by atoms with E-state index in [9.17, 15) is 14.0 Å². The Labute approximate surface area is 159 Å². The molecule has 27 heavy (non-hydrogen) atoms. The number of hydrogen-bond acceptors (Lipinski definition) is 5. The molecule has 0 radical (unpaired) electrons. The lowest BCUT2D eigenvalue weighted by Crippen LogP contribution is -2.29. The van der Waals surface area contributed by atoms with Crippen LogP contribution >= 0.6 is 11.3 Å². The SMILES string of the molecule is COc1cccc(NC(=O)[C@@H](C)OC(=O)c2sc3cccc(F)c3c2C)c1. The van der Waals surface area contributed by atoms with Crippen molar-refractivity contribution in [2.24, 2.45) is 0 Å². The Morgan fingerprint density at radius 2 is 1.93 bits per heavy atom. The maximum Gasteiger partial charge on any atom is 0.349 e. The number of rotatable bonds is 5. The van der Waals surface area contributed by atoms with Crippen molar-refractivity contribution in [3.63, 3.8) is 0 Å². The molecule has 0 unspecified atom stereocenters. The summed E-state index contributed by atoms with van der Waals surface area (Å²) in [6.45, 7) is 3.15. The molecule has 0 bridgehead atoms. The largest absolute Gasteiger partial charge is 0.497 e. The van der Waals surface area contributed by atoms with Gasteiger partial charge in [0.1, 0.15) is 16.4 Å². The lowest BCUT2D eigenvalue weighted by molar-refractivity contribution is -0.123. The number of fused-ring (bicyclic) bond motifs is 1. The number of benzene rings is 2. The molecule has 0 fully saturated rings. The Morgan fingerprint density at radius 1 is 1.19 bits per heavy atom. The number of nitrogens with one attached hydrogen (secondary N) is 1. The number of amides is 1. The second kappa shape index (κ2) is 7.75. The zero-order valence-corrected chi connectivity index (χ0v) is 15.9. The molecule has 1 amide bonds. The Kier molecular flexibility index (Phi) is 5.41. The summed E-state index contributed by atoms with van der Waals surface area (Å²) in [5, 5.41) is 3.08. The van der Waals surface area contributed by atoms with Gasteiger partial charge in [-0.2, -0.15) is 0 Å². The van der Waals surface area contributed by atoms with Crippen LogP contribution in [-0.4, -0.2) is 25.1 Å². The first-order valence-corrected chi connectivity index (χ1v) is 9.06. The lowest BCUT2D eigenvalue weighted by Gasteiger charge is -2.13. The van der Waals surface area contributed by atoms with Crippen molar-refractivity contribution in [3.8, 4) is 5.75 Å². The Hall–Kier alpha value is -2.93. The molecule has 0 aliphatic rings. The number of carbonyl (C=O) groups excluding carboxylic acids is 2. The van der Waals surface area contributed by atoms with E-state index in [4.69, 9.17) is 9.47 Å². The normalized spacial score (nSPS) is 11.9. The van der Waals surface area contributed by atoms with E-state index >= 15 is 0 Å². The number of carbonyl (C=O) groups is 2. The minimum atomic E-state index is -1.02. The predicted molar refractivity (Wildman–Crippen MR) is 103 cm³/mol. The third-order valence-electron chi connectivity index (χ3n) is 4.08. The first-order chi connectivity index (χ1) is 12.9. The third kappa shape index (κ3) is 3.93. The summed E-state index contributed by atoms with van der Waals surface area (Å²) in [6.07, 6.45) is -1.02. The van der Waals surface area contributed by atoms with Gasteiger partial charge in [0, 0.05) is 21.8 Å². The maximum absolute atomic E-state index is 14.0. The zero-order valence-electron chi connectivity index (χ0n) is 15.0.